The van der Waals surface area contributed by atoms with Crippen molar-refractivity contribution in [3.8, 4) is 0 Å². The van der Waals surface area contributed by atoms with Crippen LogP contribution in [0.3, 0.4) is 0 Å². The molecule has 0 saturated heterocycles. The van der Waals surface area contributed by atoms with Crippen molar-refractivity contribution in [1.82, 2.24) is 5.32 Å². The van der Waals surface area contributed by atoms with E-state index in [9.17, 15) is 14.7 Å². The van der Waals surface area contributed by atoms with Gasteiger partial charge in [0.1, 0.15) is 0 Å². The van der Waals surface area contributed by atoms with Crippen molar-refractivity contribution >= 4 is 17.5 Å². The van der Waals surface area contributed by atoms with Crippen LogP contribution in [0.5, 0.6) is 0 Å². The Balaban J connectivity index is 1.71. The van der Waals surface area contributed by atoms with E-state index >= 15 is 0 Å². The molecule has 132 valence electrons. The van der Waals surface area contributed by atoms with Gasteiger partial charge in [-0.05, 0) is 29.7 Å². The summed E-state index contributed by atoms with van der Waals surface area (Å²) in [7, 11) is 0. The number of benzene rings is 2. The first-order chi connectivity index (χ1) is 12.1. The van der Waals surface area contributed by atoms with E-state index in [1.54, 1.807) is 12.1 Å². The second-order valence-corrected chi connectivity index (χ2v) is 5.83. The molecule has 0 fully saturated rings. The molecule has 0 heterocycles. The van der Waals surface area contributed by atoms with Crippen molar-refractivity contribution in [2.45, 2.75) is 32.3 Å². The summed E-state index contributed by atoms with van der Waals surface area (Å²) in [5.74, 6) is -0.459. The lowest BCUT2D eigenvalue weighted by Gasteiger charge is -2.12. The highest BCUT2D eigenvalue weighted by molar-refractivity contribution is 5.93. The van der Waals surface area contributed by atoms with Gasteiger partial charge in [0, 0.05) is 25.1 Å². The molecule has 2 rings (SSSR count). The SMILES string of the molecule is CCc1cccc(NC(=O)CCC(=O)NC[C@H](O)c2ccccc2)c1. The molecular formula is C20H24N2O3. The lowest BCUT2D eigenvalue weighted by atomic mass is 10.1. The molecule has 2 amide bonds. The molecule has 25 heavy (non-hydrogen) atoms. The Bertz CT molecular complexity index is 701. The molecule has 0 aliphatic rings. The van der Waals surface area contributed by atoms with Gasteiger partial charge >= 0.3 is 0 Å². The van der Waals surface area contributed by atoms with Gasteiger partial charge < -0.3 is 15.7 Å². The van der Waals surface area contributed by atoms with Crippen molar-refractivity contribution in [3.63, 3.8) is 0 Å². The average molecular weight is 340 g/mol. The minimum Gasteiger partial charge on any atom is -0.387 e. The third-order valence-electron chi connectivity index (χ3n) is 3.88. The molecule has 3 N–H and O–H groups in total. The van der Waals surface area contributed by atoms with Crippen molar-refractivity contribution in [2.24, 2.45) is 0 Å². The van der Waals surface area contributed by atoms with Crippen LogP contribution in [0.1, 0.15) is 37.0 Å². The Morgan fingerprint density at radius 1 is 1.00 bits per heavy atom. The second kappa shape index (κ2) is 9.59. The Labute approximate surface area is 148 Å². The van der Waals surface area contributed by atoms with E-state index in [0.717, 1.165) is 23.2 Å². The normalized spacial score (nSPS) is 11.6. The molecule has 0 saturated carbocycles. The zero-order valence-electron chi connectivity index (χ0n) is 14.4. The topological polar surface area (TPSA) is 78.4 Å². The molecular weight excluding hydrogens is 316 g/mol. The summed E-state index contributed by atoms with van der Waals surface area (Å²) in [6, 6.07) is 16.8. The summed E-state index contributed by atoms with van der Waals surface area (Å²) in [4.78, 5) is 23.8. The lowest BCUT2D eigenvalue weighted by molar-refractivity contribution is -0.124. The fourth-order valence-corrected chi connectivity index (χ4v) is 2.41. The number of anilines is 1. The Morgan fingerprint density at radius 2 is 1.72 bits per heavy atom. The van der Waals surface area contributed by atoms with Crippen LogP contribution in [0.2, 0.25) is 0 Å². The van der Waals surface area contributed by atoms with Gasteiger partial charge in [-0.2, -0.15) is 0 Å². The zero-order valence-corrected chi connectivity index (χ0v) is 14.4. The van der Waals surface area contributed by atoms with Crippen LogP contribution in [0.15, 0.2) is 54.6 Å². The summed E-state index contributed by atoms with van der Waals surface area (Å²) in [6.45, 7) is 2.18. The number of nitrogens with one attached hydrogen (secondary N) is 2. The molecule has 1 atom stereocenters. The van der Waals surface area contributed by atoms with E-state index in [0.29, 0.717) is 0 Å². The quantitative estimate of drug-likeness (QED) is 0.691. The third-order valence-corrected chi connectivity index (χ3v) is 3.88. The molecule has 5 heteroatoms. The number of aliphatic hydroxyl groups is 1. The van der Waals surface area contributed by atoms with Gasteiger partial charge in [-0.25, -0.2) is 0 Å². The van der Waals surface area contributed by atoms with Gasteiger partial charge in [0.05, 0.1) is 6.10 Å². The highest BCUT2D eigenvalue weighted by Crippen LogP contribution is 2.12. The molecule has 0 aromatic heterocycles. The van der Waals surface area contributed by atoms with Crippen LogP contribution >= 0.6 is 0 Å². The van der Waals surface area contributed by atoms with E-state index in [2.05, 4.69) is 17.6 Å². The third kappa shape index (κ3) is 6.39. The smallest absolute Gasteiger partial charge is 0.224 e. The maximum Gasteiger partial charge on any atom is 0.224 e. The maximum atomic E-state index is 11.9. The first-order valence-corrected chi connectivity index (χ1v) is 8.47. The molecule has 2 aromatic rings. The van der Waals surface area contributed by atoms with Crippen molar-refractivity contribution in [3.05, 3.63) is 65.7 Å². The molecule has 0 radical (unpaired) electrons. The summed E-state index contributed by atoms with van der Waals surface area (Å²) in [5.41, 5.74) is 2.63. The summed E-state index contributed by atoms with van der Waals surface area (Å²) in [5, 5.41) is 15.4. The molecule has 0 aliphatic carbocycles. The zero-order chi connectivity index (χ0) is 18.1. The van der Waals surface area contributed by atoms with Crippen molar-refractivity contribution in [2.75, 3.05) is 11.9 Å². The standard InChI is InChI=1S/C20H24N2O3/c1-2-15-7-6-10-17(13-15)22-20(25)12-11-19(24)21-14-18(23)16-8-4-3-5-9-16/h3-10,13,18,23H,2,11-12,14H2,1H3,(H,21,24)(H,22,25)/t18-/m0/s1. The number of carbonyl (C=O) groups excluding carboxylic acids is 2. The van der Waals surface area contributed by atoms with Gasteiger partial charge in [0.2, 0.25) is 11.8 Å². The summed E-state index contributed by atoms with van der Waals surface area (Å²) in [6.07, 6.45) is 0.330. The van der Waals surface area contributed by atoms with Gasteiger partial charge in [-0.1, -0.05) is 49.4 Å². The van der Waals surface area contributed by atoms with Crippen LogP contribution < -0.4 is 10.6 Å². The van der Waals surface area contributed by atoms with E-state index in [-0.39, 0.29) is 31.2 Å². The largest absolute Gasteiger partial charge is 0.387 e. The van der Waals surface area contributed by atoms with Crippen molar-refractivity contribution in [1.29, 1.82) is 0 Å². The number of carbonyl (C=O) groups is 2. The molecule has 2 aromatic carbocycles. The van der Waals surface area contributed by atoms with Crippen LogP contribution in [-0.4, -0.2) is 23.5 Å². The van der Waals surface area contributed by atoms with E-state index in [1.165, 1.54) is 0 Å². The minimum atomic E-state index is -0.754. The average Bonchev–Trinajstić information content (AvgIpc) is 2.65. The Kier molecular flexibility index (Phi) is 7.16. The predicted octanol–water partition coefficient (Wildman–Crippen LogP) is 2.82. The van der Waals surface area contributed by atoms with Crippen LogP contribution in [0.25, 0.3) is 0 Å². The number of aryl methyl sites for hydroxylation is 1. The fourth-order valence-electron chi connectivity index (χ4n) is 2.41. The number of hydrogen-bond donors (Lipinski definition) is 3. The van der Waals surface area contributed by atoms with Gasteiger partial charge in [-0.3, -0.25) is 9.59 Å². The highest BCUT2D eigenvalue weighted by atomic mass is 16.3. The van der Waals surface area contributed by atoms with Crippen molar-refractivity contribution < 1.29 is 14.7 Å². The molecule has 0 unspecified atom stereocenters. The second-order valence-electron chi connectivity index (χ2n) is 5.83. The number of hydrogen-bond acceptors (Lipinski definition) is 3. The Hall–Kier alpha value is -2.66. The number of rotatable bonds is 8. The Morgan fingerprint density at radius 3 is 2.44 bits per heavy atom. The first kappa shape index (κ1) is 18.7. The van der Waals surface area contributed by atoms with Crippen LogP contribution in [0, 0.1) is 0 Å². The van der Waals surface area contributed by atoms with Gasteiger partial charge in [0.15, 0.2) is 0 Å². The highest BCUT2D eigenvalue weighted by Gasteiger charge is 2.11. The monoisotopic (exact) mass is 340 g/mol. The van der Waals surface area contributed by atoms with Crippen LogP contribution in [0.4, 0.5) is 5.69 Å². The fraction of sp³-hybridized carbons (Fsp3) is 0.300. The lowest BCUT2D eigenvalue weighted by Crippen LogP contribution is -2.29. The van der Waals surface area contributed by atoms with Gasteiger partial charge in [-0.15, -0.1) is 0 Å². The molecule has 0 aliphatic heterocycles. The van der Waals surface area contributed by atoms with E-state index in [1.807, 2.05) is 42.5 Å². The predicted molar refractivity (Wildman–Crippen MR) is 98.1 cm³/mol. The van der Waals surface area contributed by atoms with E-state index in [4.69, 9.17) is 0 Å². The summed E-state index contributed by atoms with van der Waals surface area (Å²) < 4.78 is 0. The maximum absolute atomic E-state index is 11.9. The number of amides is 2. The first-order valence-electron chi connectivity index (χ1n) is 8.47. The molecule has 5 nitrogen and oxygen atoms in total. The minimum absolute atomic E-state index is 0.0841. The van der Waals surface area contributed by atoms with Crippen LogP contribution in [-0.2, 0) is 16.0 Å². The molecule has 0 spiro atoms. The number of aliphatic hydroxyl groups excluding tert-OH is 1. The van der Waals surface area contributed by atoms with Gasteiger partial charge in [0.25, 0.3) is 0 Å². The van der Waals surface area contributed by atoms with E-state index < -0.39 is 6.10 Å². The summed E-state index contributed by atoms with van der Waals surface area (Å²) >= 11 is 0. The molecule has 0 bridgehead atoms.